The number of rotatable bonds is 6. The lowest BCUT2D eigenvalue weighted by Crippen LogP contribution is -2.19. The first-order valence-corrected chi connectivity index (χ1v) is 7.81. The molecule has 0 amide bonds. The summed E-state index contributed by atoms with van der Waals surface area (Å²) in [7, 11) is -3.94. The van der Waals surface area contributed by atoms with Crippen LogP contribution in [0.4, 0.5) is 10.1 Å². The Labute approximate surface area is 122 Å². The van der Waals surface area contributed by atoms with E-state index < -0.39 is 15.8 Å². The number of nitrogens with zero attached hydrogens (tertiary/aromatic N) is 2. The van der Waals surface area contributed by atoms with E-state index in [1.807, 2.05) is 6.92 Å². The molecule has 0 aliphatic rings. The minimum absolute atomic E-state index is 0.0275. The van der Waals surface area contributed by atoms with Crippen molar-refractivity contribution < 1.29 is 12.8 Å². The first-order valence-electron chi connectivity index (χ1n) is 6.32. The molecule has 0 radical (unpaired) electrons. The first-order chi connectivity index (χ1) is 9.95. The van der Waals surface area contributed by atoms with E-state index in [0.29, 0.717) is 24.5 Å². The molecule has 3 N–H and O–H groups in total. The van der Waals surface area contributed by atoms with Gasteiger partial charge in [-0.05, 0) is 19.5 Å². The molecule has 0 aromatic carbocycles. The number of hydrogen-bond acceptors (Lipinski definition) is 5. The highest BCUT2D eigenvalue weighted by molar-refractivity contribution is 7.92. The highest BCUT2D eigenvalue weighted by atomic mass is 32.2. The van der Waals surface area contributed by atoms with Gasteiger partial charge in [0, 0.05) is 12.7 Å². The van der Waals surface area contributed by atoms with Crippen molar-refractivity contribution >= 4 is 15.7 Å². The standard InChI is InChI=1S/C12H16FN5O2S/c1-3-14-7-11-12(8(2)16-17-11)21(19,20)18-10-4-5-15-6-9(10)13/h4-6,14H,3,7H2,1-2H3,(H,15,18)(H,16,17). The van der Waals surface area contributed by atoms with Crippen molar-refractivity contribution in [1.29, 1.82) is 0 Å². The molecule has 2 rings (SSSR count). The predicted octanol–water partition coefficient (Wildman–Crippen LogP) is 1.16. The number of hydrogen-bond donors (Lipinski definition) is 3. The molecule has 9 heteroatoms. The normalized spacial score (nSPS) is 11.6. The van der Waals surface area contributed by atoms with Crippen LogP contribution in [0.3, 0.4) is 0 Å². The molecule has 2 heterocycles. The zero-order valence-electron chi connectivity index (χ0n) is 11.6. The molecule has 21 heavy (non-hydrogen) atoms. The van der Waals surface area contributed by atoms with E-state index in [1.54, 1.807) is 6.92 Å². The van der Waals surface area contributed by atoms with E-state index in [2.05, 4.69) is 25.2 Å². The van der Waals surface area contributed by atoms with Crippen molar-refractivity contribution in [3.8, 4) is 0 Å². The highest BCUT2D eigenvalue weighted by Gasteiger charge is 2.25. The summed E-state index contributed by atoms with van der Waals surface area (Å²) in [5.41, 5.74) is 0.598. The number of aromatic nitrogens is 3. The van der Waals surface area contributed by atoms with Gasteiger partial charge in [0.05, 0.1) is 23.3 Å². The van der Waals surface area contributed by atoms with Crippen molar-refractivity contribution in [2.24, 2.45) is 0 Å². The van der Waals surface area contributed by atoms with Crippen molar-refractivity contribution in [1.82, 2.24) is 20.5 Å². The summed E-state index contributed by atoms with van der Waals surface area (Å²) in [4.78, 5) is 3.60. The Hall–Kier alpha value is -2.00. The second kappa shape index (κ2) is 6.19. The topological polar surface area (TPSA) is 99.8 Å². The summed E-state index contributed by atoms with van der Waals surface area (Å²) in [6.07, 6.45) is 2.25. The van der Waals surface area contributed by atoms with Gasteiger partial charge in [-0.2, -0.15) is 5.10 Å². The summed E-state index contributed by atoms with van der Waals surface area (Å²) in [5.74, 6) is -0.740. The van der Waals surface area contributed by atoms with Crippen LogP contribution >= 0.6 is 0 Å². The molecule has 0 saturated carbocycles. The molecule has 0 saturated heterocycles. The van der Waals surface area contributed by atoms with E-state index in [9.17, 15) is 12.8 Å². The van der Waals surface area contributed by atoms with Gasteiger partial charge in [-0.15, -0.1) is 0 Å². The van der Waals surface area contributed by atoms with Crippen LogP contribution in [0.1, 0.15) is 18.3 Å². The van der Waals surface area contributed by atoms with Gasteiger partial charge < -0.3 is 5.32 Å². The van der Waals surface area contributed by atoms with Crippen LogP contribution in [0.5, 0.6) is 0 Å². The molecule has 0 aliphatic heterocycles. The average Bonchev–Trinajstić information content (AvgIpc) is 2.81. The number of sulfonamides is 1. The average molecular weight is 313 g/mol. The van der Waals surface area contributed by atoms with Crippen LogP contribution in [0.2, 0.25) is 0 Å². The van der Waals surface area contributed by atoms with Crippen LogP contribution in [-0.4, -0.2) is 30.1 Å². The second-order valence-corrected chi connectivity index (χ2v) is 5.99. The Morgan fingerprint density at radius 1 is 1.43 bits per heavy atom. The molecule has 2 aromatic heterocycles. The molecule has 0 bridgehead atoms. The number of aryl methyl sites for hydroxylation is 1. The van der Waals surface area contributed by atoms with Gasteiger partial charge >= 0.3 is 0 Å². The third-order valence-electron chi connectivity index (χ3n) is 2.79. The van der Waals surface area contributed by atoms with Crippen LogP contribution in [0, 0.1) is 12.7 Å². The molecular formula is C12H16FN5O2S. The molecule has 0 spiro atoms. The first kappa shape index (κ1) is 15.4. The fourth-order valence-corrected chi connectivity index (χ4v) is 3.28. The number of H-pyrrole nitrogens is 1. The van der Waals surface area contributed by atoms with Crippen molar-refractivity contribution in [3.05, 3.63) is 35.7 Å². The summed E-state index contributed by atoms with van der Waals surface area (Å²) in [6, 6.07) is 1.26. The third kappa shape index (κ3) is 3.37. The lowest BCUT2D eigenvalue weighted by Gasteiger charge is -2.09. The summed E-state index contributed by atoms with van der Waals surface area (Å²) < 4.78 is 40.6. The Morgan fingerprint density at radius 3 is 2.86 bits per heavy atom. The van der Waals surface area contributed by atoms with Crippen LogP contribution in [0.15, 0.2) is 23.4 Å². The minimum atomic E-state index is -3.94. The fourth-order valence-electron chi connectivity index (χ4n) is 1.84. The molecule has 2 aromatic rings. The van der Waals surface area contributed by atoms with Crippen LogP contribution in [0.25, 0.3) is 0 Å². The molecular weight excluding hydrogens is 297 g/mol. The Morgan fingerprint density at radius 2 is 2.19 bits per heavy atom. The van der Waals surface area contributed by atoms with Gasteiger partial charge in [0.1, 0.15) is 4.90 Å². The van der Waals surface area contributed by atoms with Crippen molar-refractivity contribution in [3.63, 3.8) is 0 Å². The molecule has 0 aliphatic carbocycles. The van der Waals surface area contributed by atoms with E-state index in [4.69, 9.17) is 0 Å². The van der Waals surface area contributed by atoms with E-state index in [1.165, 1.54) is 12.3 Å². The van der Waals surface area contributed by atoms with Gasteiger partial charge in [-0.1, -0.05) is 6.92 Å². The number of anilines is 1. The molecule has 7 nitrogen and oxygen atoms in total. The Bertz CT molecular complexity index is 729. The van der Waals surface area contributed by atoms with Crippen molar-refractivity contribution in [2.45, 2.75) is 25.3 Å². The van der Waals surface area contributed by atoms with Crippen LogP contribution < -0.4 is 10.0 Å². The van der Waals surface area contributed by atoms with Gasteiger partial charge in [-0.25, -0.2) is 12.8 Å². The SMILES string of the molecule is CCNCc1n[nH]c(C)c1S(=O)(=O)Nc1ccncc1F. The highest BCUT2D eigenvalue weighted by Crippen LogP contribution is 2.22. The fraction of sp³-hybridized carbons (Fsp3) is 0.333. The van der Waals surface area contributed by atoms with E-state index >= 15 is 0 Å². The Kier molecular flexibility index (Phi) is 4.53. The zero-order chi connectivity index (χ0) is 15.5. The maximum absolute atomic E-state index is 13.5. The molecule has 0 fully saturated rings. The Balaban J connectivity index is 2.36. The zero-order valence-corrected chi connectivity index (χ0v) is 12.5. The number of nitrogens with one attached hydrogen (secondary N) is 3. The largest absolute Gasteiger partial charge is 0.311 e. The maximum Gasteiger partial charge on any atom is 0.265 e. The van der Waals surface area contributed by atoms with Gasteiger partial charge in [0.2, 0.25) is 0 Å². The lowest BCUT2D eigenvalue weighted by atomic mass is 10.3. The van der Waals surface area contributed by atoms with Crippen LogP contribution in [-0.2, 0) is 16.6 Å². The predicted molar refractivity (Wildman–Crippen MR) is 75.7 cm³/mol. The second-order valence-electron chi connectivity index (χ2n) is 4.37. The van der Waals surface area contributed by atoms with Gasteiger partial charge in [0.25, 0.3) is 10.0 Å². The summed E-state index contributed by atoms with van der Waals surface area (Å²) >= 11 is 0. The molecule has 114 valence electrons. The summed E-state index contributed by atoms with van der Waals surface area (Å²) in [5, 5.41) is 9.62. The quantitative estimate of drug-likeness (QED) is 0.743. The van der Waals surface area contributed by atoms with Gasteiger partial charge in [0.15, 0.2) is 5.82 Å². The third-order valence-corrected chi connectivity index (χ3v) is 4.36. The smallest absolute Gasteiger partial charge is 0.265 e. The summed E-state index contributed by atoms with van der Waals surface area (Å²) in [6.45, 7) is 4.48. The number of halogens is 1. The number of pyridine rings is 1. The van der Waals surface area contributed by atoms with Gasteiger partial charge in [-0.3, -0.25) is 14.8 Å². The maximum atomic E-state index is 13.5. The minimum Gasteiger partial charge on any atom is -0.311 e. The molecule has 0 unspecified atom stereocenters. The monoisotopic (exact) mass is 313 g/mol. The van der Waals surface area contributed by atoms with E-state index in [0.717, 1.165) is 6.20 Å². The van der Waals surface area contributed by atoms with Crippen molar-refractivity contribution in [2.75, 3.05) is 11.3 Å². The lowest BCUT2D eigenvalue weighted by molar-refractivity contribution is 0.594. The molecule has 0 atom stereocenters. The van der Waals surface area contributed by atoms with E-state index in [-0.39, 0.29) is 10.6 Å². The number of aromatic amines is 1.